The minimum absolute atomic E-state index is 0.0273. The Labute approximate surface area is 103 Å². The number of amides is 1. The van der Waals surface area contributed by atoms with Gasteiger partial charge in [0, 0.05) is 12.7 Å². The van der Waals surface area contributed by atoms with Crippen molar-refractivity contribution in [2.24, 2.45) is 0 Å². The van der Waals surface area contributed by atoms with E-state index < -0.39 is 0 Å². The minimum atomic E-state index is 0.0273. The van der Waals surface area contributed by atoms with E-state index in [0.29, 0.717) is 0 Å². The highest BCUT2D eigenvalue weighted by Gasteiger charge is 2.16. The van der Waals surface area contributed by atoms with Crippen molar-refractivity contribution in [3.63, 3.8) is 0 Å². The summed E-state index contributed by atoms with van der Waals surface area (Å²) < 4.78 is 0. The second-order valence-corrected chi connectivity index (χ2v) is 4.54. The molecule has 16 heavy (non-hydrogen) atoms. The van der Waals surface area contributed by atoms with Crippen LogP contribution in [0, 0.1) is 27.7 Å². The average Bonchev–Trinajstić information content (AvgIpc) is 2.25. The molecule has 0 aromatic heterocycles. The van der Waals surface area contributed by atoms with Crippen molar-refractivity contribution in [2.45, 2.75) is 27.7 Å². The van der Waals surface area contributed by atoms with E-state index in [1.54, 1.807) is 4.90 Å². The number of thiol groups is 1. The van der Waals surface area contributed by atoms with Gasteiger partial charge in [0.15, 0.2) is 0 Å². The Kier molecular flexibility index (Phi) is 4.03. The van der Waals surface area contributed by atoms with Crippen LogP contribution in [0.2, 0.25) is 0 Å². The topological polar surface area (TPSA) is 20.3 Å². The third kappa shape index (κ3) is 2.24. The molecule has 1 rings (SSSR count). The SMILES string of the molecule is Cc1cc(C)c(C)c(N(C)C(=O)CS)c1C. The van der Waals surface area contributed by atoms with Crippen LogP contribution in [0.3, 0.4) is 0 Å². The third-order valence-electron chi connectivity index (χ3n) is 3.17. The number of aryl methyl sites for hydroxylation is 2. The van der Waals surface area contributed by atoms with E-state index in [0.717, 1.165) is 5.69 Å². The van der Waals surface area contributed by atoms with Gasteiger partial charge in [-0.15, -0.1) is 0 Å². The maximum absolute atomic E-state index is 11.7. The van der Waals surface area contributed by atoms with Crippen molar-refractivity contribution in [3.05, 3.63) is 28.3 Å². The van der Waals surface area contributed by atoms with Crippen LogP contribution in [0.5, 0.6) is 0 Å². The Bertz CT molecular complexity index is 400. The number of rotatable bonds is 2. The van der Waals surface area contributed by atoms with Gasteiger partial charge in [0.1, 0.15) is 0 Å². The summed E-state index contributed by atoms with van der Waals surface area (Å²) in [6.07, 6.45) is 0. The Balaban J connectivity index is 3.37. The van der Waals surface area contributed by atoms with E-state index in [4.69, 9.17) is 0 Å². The predicted octanol–water partition coefficient (Wildman–Crippen LogP) is 2.81. The molecule has 0 aliphatic heterocycles. The van der Waals surface area contributed by atoms with Crippen molar-refractivity contribution in [1.82, 2.24) is 0 Å². The highest BCUT2D eigenvalue weighted by atomic mass is 32.1. The second kappa shape index (κ2) is 4.91. The smallest absolute Gasteiger partial charge is 0.236 e. The minimum Gasteiger partial charge on any atom is -0.314 e. The van der Waals surface area contributed by atoms with Crippen molar-refractivity contribution in [2.75, 3.05) is 17.7 Å². The molecule has 0 radical (unpaired) electrons. The first-order valence-corrected chi connectivity index (χ1v) is 5.98. The zero-order valence-electron chi connectivity index (χ0n) is 10.6. The third-order valence-corrected chi connectivity index (χ3v) is 3.44. The van der Waals surface area contributed by atoms with Gasteiger partial charge in [-0.2, -0.15) is 12.6 Å². The van der Waals surface area contributed by atoms with Gasteiger partial charge >= 0.3 is 0 Å². The average molecular weight is 237 g/mol. The number of nitrogens with zero attached hydrogens (tertiary/aromatic N) is 1. The summed E-state index contributed by atoms with van der Waals surface area (Å²) in [7, 11) is 1.81. The monoisotopic (exact) mass is 237 g/mol. The van der Waals surface area contributed by atoms with Crippen LogP contribution in [0.1, 0.15) is 22.3 Å². The molecular formula is C13H19NOS. The molecule has 1 amide bonds. The molecule has 0 aliphatic rings. The van der Waals surface area contributed by atoms with Crippen molar-refractivity contribution < 1.29 is 4.79 Å². The lowest BCUT2D eigenvalue weighted by atomic mass is 9.98. The molecule has 1 aromatic carbocycles. The number of hydrogen-bond donors (Lipinski definition) is 1. The van der Waals surface area contributed by atoms with Gasteiger partial charge in [0.25, 0.3) is 0 Å². The Morgan fingerprint density at radius 1 is 1.19 bits per heavy atom. The van der Waals surface area contributed by atoms with E-state index in [9.17, 15) is 4.79 Å². The van der Waals surface area contributed by atoms with Crippen molar-refractivity contribution in [3.8, 4) is 0 Å². The first kappa shape index (κ1) is 13.1. The molecule has 0 unspecified atom stereocenters. The largest absolute Gasteiger partial charge is 0.314 e. The fourth-order valence-electron chi connectivity index (χ4n) is 1.93. The summed E-state index contributed by atoms with van der Waals surface area (Å²) in [6.45, 7) is 8.26. The van der Waals surface area contributed by atoms with Crippen LogP contribution in [0.4, 0.5) is 5.69 Å². The molecule has 0 spiro atoms. The van der Waals surface area contributed by atoms with Crippen LogP contribution in [-0.4, -0.2) is 18.7 Å². The van der Waals surface area contributed by atoms with E-state index in [2.05, 4.69) is 46.4 Å². The molecule has 0 fully saturated rings. The van der Waals surface area contributed by atoms with Gasteiger partial charge in [0.2, 0.25) is 5.91 Å². The molecule has 0 atom stereocenters. The fourth-order valence-corrected chi connectivity index (χ4v) is 2.14. The lowest BCUT2D eigenvalue weighted by Crippen LogP contribution is -2.29. The van der Waals surface area contributed by atoms with Crippen LogP contribution in [-0.2, 0) is 4.79 Å². The molecule has 0 heterocycles. The maximum Gasteiger partial charge on any atom is 0.236 e. The molecule has 88 valence electrons. The summed E-state index contributed by atoms with van der Waals surface area (Å²) in [4.78, 5) is 13.4. The highest BCUT2D eigenvalue weighted by molar-refractivity contribution is 7.81. The Morgan fingerprint density at radius 2 is 1.62 bits per heavy atom. The second-order valence-electron chi connectivity index (χ2n) is 4.22. The normalized spacial score (nSPS) is 10.4. The van der Waals surface area contributed by atoms with Crippen LogP contribution in [0.25, 0.3) is 0 Å². The number of carbonyl (C=O) groups excluding carboxylic acids is 1. The zero-order valence-corrected chi connectivity index (χ0v) is 11.5. The molecule has 0 bridgehead atoms. The summed E-state index contributed by atoms with van der Waals surface area (Å²) in [5.74, 6) is 0.266. The van der Waals surface area contributed by atoms with Crippen LogP contribution >= 0.6 is 12.6 Å². The standard InChI is InChI=1S/C13H19NOS/c1-8-6-9(2)11(4)13(10(8)3)14(5)12(15)7-16/h6,16H,7H2,1-5H3. The molecule has 3 heteroatoms. The summed E-state index contributed by atoms with van der Waals surface area (Å²) >= 11 is 4.03. The van der Waals surface area contributed by atoms with Gasteiger partial charge in [-0.25, -0.2) is 0 Å². The Hall–Kier alpha value is -0.960. The lowest BCUT2D eigenvalue weighted by molar-refractivity contribution is -0.115. The first-order chi connectivity index (χ1) is 7.40. The summed E-state index contributed by atoms with van der Waals surface area (Å²) in [5.41, 5.74) is 5.80. The number of hydrogen-bond acceptors (Lipinski definition) is 2. The van der Waals surface area contributed by atoms with Crippen LogP contribution in [0.15, 0.2) is 6.07 Å². The molecule has 1 aromatic rings. The summed E-state index contributed by atoms with van der Waals surface area (Å²) in [6, 6.07) is 2.16. The summed E-state index contributed by atoms with van der Waals surface area (Å²) in [5, 5.41) is 0. The van der Waals surface area contributed by atoms with E-state index in [-0.39, 0.29) is 11.7 Å². The maximum atomic E-state index is 11.7. The molecule has 0 saturated carbocycles. The molecule has 2 nitrogen and oxygen atoms in total. The predicted molar refractivity (Wildman–Crippen MR) is 72.7 cm³/mol. The fraction of sp³-hybridized carbons (Fsp3) is 0.462. The van der Waals surface area contributed by atoms with Gasteiger partial charge in [-0.05, 0) is 49.9 Å². The van der Waals surface area contributed by atoms with Gasteiger partial charge < -0.3 is 4.90 Å². The Morgan fingerprint density at radius 3 is 2.00 bits per heavy atom. The van der Waals surface area contributed by atoms with Gasteiger partial charge in [0.05, 0.1) is 5.75 Å². The first-order valence-electron chi connectivity index (χ1n) is 5.35. The van der Waals surface area contributed by atoms with Crippen LogP contribution < -0.4 is 4.90 Å². The quantitative estimate of drug-likeness (QED) is 0.784. The number of benzene rings is 1. The zero-order chi connectivity index (χ0) is 12.5. The lowest BCUT2D eigenvalue weighted by Gasteiger charge is -2.23. The van der Waals surface area contributed by atoms with E-state index >= 15 is 0 Å². The van der Waals surface area contributed by atoms with Crippen molar-refractivity contribution in [1.29, 1.82) is 0 Å². The molecule has 0 N–H and O–H groups in total. The molecule has 0 saturated heterocycles. The van der Waals surface area contributed by atoms with Gasteiger partial charge in [-0.1, -0.05) is 6.07 Å². The van der Waals surface area contributed by atoms with E-state index in [1.165, 1.54) is 22.3 Å². The molecular weight excluding hydrogens is 218 g/mol. The van der Waals surface area contributed by atoms with E-state index in [1.807, 2.05) is 7.05 Å². The highest BCUT2D eigenvalue weighted by Crippen LogP contribution is 2.29. The number of anilines is 1. The van der Waals surface area contributed by atoms with Gasteiger partial charge in [-0.3, -0.25) is 4.79 Å². The number of carbonyl (C=O) groups is 1. The van der Waals surface area contributed by atoms with Crippen molar-refractivity contribution >= 4 is 24.2 Å². The molecule has 0 aliphatic carbocycles.